The molecule has 15 heavy (non-hydrogen) atoms. The Balaban J connectivity index is 2.72. The Bertz CT molecular complexity index is 177. The Morgan fingerprint density at radius 1 is 1.13 bits per heavy atom. The van der Waals surface area contributed by atoms with Gasteiger partial charge in [0.1, 0.15) is 0 Å². The fourth-order valence-corrected chi connectivity index (χ4v) is 3.39. The van der Waals surface area contributed by atoms with Gasteiger partial charge in [-0.3, -0.25) is 4.90 Å². The van der Waals surface area contributed by atoms with Crippen molar-refractivity contribution in [2.45, 2.75) is 52.6 Å². The standard InChI is InChI=1S/C13H28N2/c1-6-15(7-2)13-11(4)8-10(3)9-12(13)14-5/h10-14H,6-9H2,1-5H3. The van der Waals surface area contributed by atoms with Crippen molar-refractivity contribution >= 4 is 0 Å². The summed E-state index contributed by atoms with van der Waals surface area (Å²) in [5.74, 6) is 1.70. The van der Waals surface area contributed by atoms with E-state index in [-0.39, 0.29) is 0 Å². The van der Waals surface area contributed by atoms with Crippen LogP contribution in [0, 0.1) is 11.8 Å². The van der Waals surface area contributed by atoms with Crippen molar-refractivity contribution < 1.29 is 0 Å². The zero-order valence-corrected chi connectivity index (χ0v) is 11.1. The monoisotopic (exact) mass is 212 g/mol. The lowest BCUT2D eigenvalue weighted by Gasteiger charge is -2.45. The Morgan fingerprint density at radius 2 is 1.73 bits per heavy atom. The predicted octanol–water partition coefficient (Wildman–Crippen LogP) is 2.35. The lowest BCUT2D eigenvalue weighted by molar-refractivity contribution is 0.0719. The van der Waals surface area contributed by atoms with Gasteiger partial charge in [0.05, 0.1) is 0 Å². The molecule has 1 rings (SSSR count). The molecule has 1 saturated carbocycles. The predicted molar refractivity (Wildman–Crippen MR) is 67.1 cm³/mol. The molecule has 4 unspecified atom stereocenters. The molecular weight excluding hydrogens is 184 g/mol. The second-order valence-corrected chi connectivity index (χ2v) is 5.16. The first-order valence-electron chi connectivity index (χ1n) is 6.55. The van der Waals surface area contributed by atoms with Crippen molar-refractivity contribution in [2.75, 3.05) is 20.1 Å². The highest BCUT2D eigenvalue weighted by molar-refractivity contribution is 4.92. The zero-order chi connectivity index (χ0) is 11.4. The maximum Gasteiger partial charge on any atom is 0.0274 e. The quantitative estimate of drug-likeness (QED) is 0.769. The summed E-state index contributed by atoms with van der Waals surface area (Å²) >= 11 is 0. The molecule has 1 aliphatic rings. The van der Waals surface area contributed by atoms with Crippen molar-refractivity contribution in [2.24, 2.45) is 11.8 Å². The minimum absolute atomic E-state index is 0.684. The van der Waals surface area contributed by atoms with Crippen LogP contribution in [0.25, 0.3) is 0 Å². The van der Waals surface area contributed by atoms with Gasteiger partial charge < -0.3 is 5.32 Å². The van der Waals surface area contributed by atoms with Crippen LogP contribution in [0.5, 0.6) is 0 Å². The number of rotatable bonds is 4. The van der Waals surface area contributed by atoms with E-state index in [1.807, 2.05) is 0 Å². The average Bonchev–Trinajstić information content (AvgIpc) is 2.21. The highest BCUT2D eigenvalue weighted by atomic mass is 15.2. The van der Waals surface area contributed by atoms with Crippen LogP contribution in [0.2, 0.25) is 0 Å². The Hall–Kier alpha value is -0.0800. The molecule has 0 saturated heterocycles. The highest BCUT2D eigenvalue weighted by Crippen LogP contribution is 2.32. The summed E-state index contributed by atoms with van der Waals surface area (Å²) in [7, 11) is 2.12. The van der Waals surface area contributed by atoms with Gasteiger partial charge in [0, 0.05) is 12.1 Å². The van der Waals surface area contributed by atoms with E-state index >= 15 is 0 Å². The Morgan fingerprint density at radius 3 is 2.20 bits per heavy atom. The van der Waals surface area contributed by atoms with E-state index in [0.717, 1.165) is 17.9 Å². The molecule has 0 amide bonds. The van der Waals surface area contributed by atoms with Crippen LogP contribution in [0.4, 0.5) is 0 Å². The van der Waals surface area contributed by atoms with Gasteiger partial charge in [0.2, 0.25) is 0 Å². The zero-order valence-electron chi connectivity index (χ0n) is 11.1. The Kier molecular flexibility index (Phi) is 5.07. The summed E-state index contributed by atoms with van der Waals surface area (Å²) in [5.41, 5.74) is 0. The van der Waals surface area contributed by atoms with Crippen molar-refractivity contribution in [3.8, 4) is 0 Å². The van der Waals surface area contributed by atoms with Crippen molar-refractivity contribution in [3.05, 3.63) is 0 Å². The van der Waals surface area contributed by atoms with E-state index in [1.54, 1.807) is 0 Å². The molecule has 2 nitrogen and oxygen atoms in total. The fraction of sp³-hybridized carbons (Fsp3) is 1.00. The van der Waals surface area contributed by atoms with E-state index in [1.165, 1.54) is 25.9 Å². The molecule has 1 aliphatic carbocycles. The van der Waals surface area contributed by atoms with Crippen LogP contribution in [-0.2, 0) is 0 Å². The van der Waals surface area contributed by atoms with Gasteiger partial charge in [-0.15, -0.1) is 0 Å². The number of nitrogens with zero attached hydrogens (tertiary/aromatic N) is 1. The van der Waals surface area contributed by atoms with E-state index in [9.17, 15) is 0 Å². The molecule has 90 valence electrons. The van der Waals surface area contributed by atoms with E-state index in [4.69, 9.17) is 0 Å². The molecule has 0 heterocycles. The van der Waals surface area contributed by atoms with Crippen molar-refractivity contribution in [1.29, 1.82) is 0 Å². The van der Waals surface area contributed by atoms with Crippen LogP contribution in [0.3, 0.4) is 0 Å². The third kappa shape index (κ3) is 2.94. The maximum absolute atomic E-state index is 3.52. The van der Waals surface area contributed by atoms with Crippen LogP contribution in [0.15, 0.2) is 0 Å². The molecule has 4 atom stereocenters. The summed E-state index contributed by atoms with van der Waals surface area (Å²) in [5, 5.41) is 3.52. The van der Waals surface area contributed by atoms with Crippen molar-refractivity contribution in [1.82, 2.24) is 10.2 Å². The second-order valence-electron chi connectivity index (χ2n) is 5.16. The smallest absolute Gasteiger partial charge is 0.0274 e. The van der Waals surface area contributed by atoms with Gasteiger partial charge >= 0.3 is 0 Å². The minimum atomic E-state index is 0.684. The maximum atomic E-state index is 3.52. The summed E-state index contributed by atoms with van der Waals surface area (Å²) < 4.78 is 0. The highest BCUT2D eigenvalue weighted by Gasteiger charge is 2.35. The lowest BCUT2D eigenvalue weighted by Crippen LogP contribution is -2.55. The third-order valence-electron chi connectivity index (χ3n) is 4.03. The topological polar surface area (TPSA) is 15.3 Å². The van der Waals surface area contributed by atoms with Crippen LogP contribution in [0.1, 0.15) is 40.5 Å². The first-order chi connectivity index (χ1) is 7.13. The number of nitrogens with one attached hydrogen (secondary N) is 1. The molecule has 2 heteroatoms. The van der Waals surface area contributed by atoms with Gasteiger partial charge in [-0.25, -0.2) is 0 Å². The van der Waals surface area contributed by atoms with Crippen LogP contribution in [-0.4, -0.2) is 37.1 Å². The lowest BCUT2D eigenvalue weighted by atomic mass is 9.76. The molecule has 1 N–H and O–H groups in total. The van der Waals surface area contributed by atoms with Gasteiger partial charge in [-0.1, -0.05) is 27.7 Å². The number of likely N-dealkylation sites (N-methyl/N-ethyl adjacent to an activating group) is 2. The normalized spacial score (nSPS) is 37.2. The molecule has 0 aromatic heterocycles. The molecule has 0 bridgehead atoms. The van der Waals surface area contributed by atoms with Crippen molar-refractivity contribution in [3.63, 3.8) is 0 Å². The molecule has 0 aromatic carbocycles. The molecule has 0 aliphatic heterocycles. The first kappa shape index (κ1) is 13.0. The van der Waals surface area contributed by atoms with Gasteiger partial charge in [0.25, 0.3) is 0 Å². The number of hydrogen-bond donors (Lipinski definition) is 1. The van der Waals surface area contributed by atoms with E-state index in [0.29, 0.717) is 6.04 Å². The molecule has 0 radical (unpaired) electrons. The molecule has 1 fully saturated rings. The third-order valence-corrected chi connectivity index (χ3v) is 4.03. The molecule has 0 spiro atoms. The van der Waals surface area contributed by atoms with E-state index in [2.05, 4.69) is 45.0 Å². The largest absolute Gasteiger partial charge is 0.315 e. The SMILES string of the molecule is CCN(CC)C1C(C)CC(C)CC1NC. The van der Waals surface area contributed by atoms with Crippen LogP contribution >= 0.6 is 0 Å². The summed E-state index contributed by atoms with van der Waals surface area (Å²) in [6.07, 6.45) is 2.72. The van der Waals surface area contributed by atoms with E-state index < -0.39 is 0 Å². The minimum Gasteiger partial charge on any atom is -0.315 e. The van der Waals surface area contributed by atoms with Gasteiger partial charge in [0.15, 0.2) is 0 Å². The molecule has 0 aromatic rings. The van der Waals surface area contributed by atoms with Gasteiger partial charge in [-0.2, -0.15) is 0 Å². The average molecular weight is 212 g/mol. The first-order valence-corrected chi connectivity index (χ1v) is 6.55. The molecular formula is C13H28N2. The summed E-state index contributed by atoms with van der Waals surface area (Å²) in [4.78, 5) is 2.62. The number of hydrogen-bond acceptors (Lipinski definition) is 2. The summed E-state index contributed by atoms with van der Waals surface area (Å²) in [6.45, 7) is 11.7. The van der Waals surface area contributed by atoms with Gasteiger partial charge in [-0.05, 0) is 44.8 Å². The van der Waals surface area contributed by atoms with Crippen LogP contribution < -0.4 is 5.32 Å². The summed E-state index contributed by atoms with van der Waals surface area (Å²) in [6, 6.07) is 1.42. The fourth-order valence-electron chi connectivity index (χ4n) is 3.39. The second kappa shape index (κ2) is 5.86. The Labute approximate surface area is 95.4 Å².